The van der Waals surface area contributed by atoms with Gasteiger partial charge in [0.1, 0.15) is 10.8 Å². The molecule has 0 unspecified atom stereocenters. The number of sulfonamides is 1. The van der Waals surface area contributed by atoms with Gasteiger partial charge in [-0.3, -0.25) is 0 Å². The van der Waals surface area contributed by atoms with Crippen LogP contribution in [-0.4, -0.2) is 20.4 Å². The predicted octanol–water partition coefficient (Wildman–Crippen LogP) is -0.0406. The molecule has 0 aliphatic carbocycles. The van der Waals surface area contributed by atoms with Gasteiger partial charge in [0.05, 0.1) is 5.69 Å². The van der Waals surface area contributed by atoms with Gasteiger partial charge in [-0.1, -0.05) is 0 Å². The molecule has 5 nitrogen and oxygen atoms in total. The van der Waals surface area contributed by atoms with Crippen LogP contribution in [0.25, 0.3) is 0 Å². The Morgan fingerprint density at radius 2 is 2.21 bits per heavy atom. The summed E-state index contributed by atoms with van der Waals surface area (Å²) < 4.78 is 21.6. The van der Waals surface area contributed by atoms with Crippen molar-refractivity contribution in [3.8, 4) is 0 Å². The van der Waals surface area contributed by atoms with Crippen molar-refractivity contribution in [2.45, 2.75) is 19.2 Å². The normalized spacial score (nSPS) is 11.9. The van der Waals surface area contributed by atoms with E-state index in [9.17, 15) is 8.42 Å². The van der Waals surface area contributed by atoms with Crippen molar-refractivity contribution in [2.24, 2.45) is 5.14 Å². The highest BCUT2D eigenvalue weighted by Crippen LogP contribution is 2.18. The molecule has 1 aromatic rings. The SMILES string of the molecule is CNCc1sc(CS(N)(=O)=O)nc1C. The second-order valence-electron chi connectivity index (χ2n) is 2.95. The number of primary sulfonamides is 1. The van der Waals surface area contributed by atoms with Crippen molar-refractivity contribution in [2.75, 3.05) is 7.05 Å². The smallest absolute Gasteiger partial charge is 0.215 e. The number of rotatable bonds is 4. The van der Waals surface area contributed by atoms with Crippen LogP contribution in [-0.2, 0) is 22.3 Å². The summed E-state index contributed by atoms with van der Waals surface area (Å²) in [6, 6.07) is 0. The molecule has 14 heavy (non-hydrogen) atoms. The highest BCUT2D eigenvalue weighted by molar-refractivity contribution is 7.88. The van der Waals surface area contributed by atoms with Crippen molar-refractivity contribution in [3.63, 3.8) is 0 Å². The first-order valence-electron chi connectivity index (χ1n) is 4.02. The van der Waals surface area contributed by atoms with E-state index in [4.69, 9.17) is 5.14 Å². The number of aromatic nitrogens is 1. The summed E-state index contributed by atoms with van der Waals surface area (Å²) in [5, 5.41) is 8.47. The van der Waals surface area contributed by atoms with E-state index in [1.807, 2.05) is 14.0 Å². The van der Waals surface area contributed by atoms with Gasteiger partial charge < -0.3 is 5.32 Å². The minimum absolute atomic E-state index is 0.178. The summed E-state index contributed by atoms with van der Waals surface area (Å²) in [5.41, 5.74) is 0.864. The van der Waals surface area contributed by atoms with Crippen molar-refractivity contribution in [1.82, 2.24) is 10.3 Å². The number of thiazole rings is 1. The molecule has 0 atom stereocenters. The van der Waals surface area contributed by atoms with Gasteiger partial charge in [-0.25, -0.2) is 18.5 Å². The van der Waals surface area contributed by atoms with E-state index in [0.29, 0.717) is 11.6 Å². The molecule has 1 aromatic heterocycles. The van der Waals surface area contributed by atoms with Crippen LogP contribution < -0.4 is 10.5 Å². The highest BCUT2D eigenvalue weighted by atomic mass is 32.2. The first-order valence-corrected chi connectivity index (χ1v) is 6.56. The number of nitrogens with one attached hydrogen (secondary N) is 1. The second-order valence-corrected chi connectivity index (χ2v) is 5.74. The van der Waals surface area contributed by atoms with Crippen LogP contribution in [0.1, 0.15) is 15.6 Å². The van der Waals surface area contributed by atoms with Gasteiger partial charge in [0.2, 0.25) is 10.0 Å². The highest BCUT2D eigenvalue weighted by Gasteiger charge is 2.11. The molecular weight excluding hydrogens is 222 g/mol. The molecule has 0 saturated heterocycles. The lowest BCUT2D eigenvalue weighted by atomic mass is 10.4. The van der Waals surface area contributed by atoms with E-state index in [1.54, 1.807) is 0 Å². The second kappa shape index (κ2) is 4.35. The Balaban J connectivity index is 2.86. The van der Waals surface area contributed by atoms with Gasteiger partial charge in [0.25, 0.3) is 0 Å². The molecule has 0 bridgehead atoms. The molecule has 0 spiro atoms. The molecule has 0 aromatic carbocycles. The fourth-order valence-electron chi connectivity index (χ4n) is 1.05. The molecule has 80 valence electrons. The Morgan fingerprint density at radius 1 is 1.57 bits per heavy atom. The fraction of sp³-hybridized carbons (Fsp3) is 0.571. The van der Waals surface area contributed by atoms with E-state index in [-0.39, 0.29) is 5.75 Å². The van der Waals surface area contributed by atoms with Crippen molar-refractivity contribution in [3.05, 3.63) is 15.6 Å². The van der Waals surface area contributed by atoms with Crippen LogP contribution in [0.4, 0.5) is 0 Å². The zero-order valence-electron chi connectivity index (χ0n) is 8.07. The minimum Gasteiger partial charge on any atom is -0.315 e. The third-order valence-corrected chi connectivity index (χ3v) is 3.61. The Hall–Kier alpha value is -0.500. The molecule has 0 amide bonds. The molecular formula is C7H13N3O2S2. The molecule has 0 aliphatic rings. The summed E-state index contributed by atoms with van der Waals surface area (Å²) in [5.74, 6) is -0.178. The predicted molar refractivity (Wildman–Crippen MR) is 56.4 cm³/mol. The third kappa shape index (κ3) is 3.33. The fourth-order valence-corrected chi connectivity index (χ4v) is 3.06. The van der Waals surface area contributed by atoms with Gasteiger partial charge in [-0.2, -0.15) is 0 Å². The Bertz CT molecular complexity index is 411. The lowest BCUT2D eigenvalue weighted by Crippen LogP contribution is -2.14. The molecule has 7 heteroatoms. The minimum atomic E-state index is -3.47. The van der Waals surface area contributed by atoms with Gasteiger partial charge in [-0.05, 0) is 14.0 Å². The van der Waals surface area contributed by atoms with E-state index in [2.05, 4.69) is 10.3 Å². The first-order chi connectivity index (χ1) is 6.42. The van der Waals surface area contributed by atoms with Gasteiger partial charge >= 0.3 is 0 Å². The summed E-state index contributed by atoms with van der Waals surface area (Å²) in [6.45, 7) is 2.56. The van der Waals surface area contributed by atoms with Gasteiger partial charge in [0.15, 0.2) is 0 Å². The van der Waals surface area contributed by atoms with E-state index >= 15 is 0 Å². The zero-order chi connectivity index (χ0) is 10.8. The number of hydrogen-bond donors (Lipinski definition) is 2. The average Bonchev–Trinajstić information content (AvgIpc) is 2.28. The quantitative estimate of drug-likeness (QED) is 0.767. The van der Waals surface area contributed by atoms with Crippen LogP contribution in [0, 0.1) is 6.92 Å². The van der Waals surface area contributed by atoms with Gasteiger partial charge in [-0.15, -0.1) is 11.3 Å². The third-order valence-electron chi connectivity index (χ3n) is 1.60. The number of hydrogen-bond acceptors (Lipinski definition) is 5. The molecule has 0 fully saturated rings. The number of nitrogens with zero attached hydrogens (tertiary/aromatic N) is 1. The van der Waals surface area contributed by atoms with Crippen molar-refractivity contribution < 1.29 is 8.42 Å². The zero-order valence-corrected chi connectivity index (χ0v) is 9.70. The topological polar surface area (TPSA) is 85.1 Å². The lowest BCUT2D eigenvalue weighted by molar-refractivity contribution is 0.597. The summed E-state index contributed by atoms with van der Waals surface area (Å²) in [4.78, 5) is 5.18. The van der Waals surface area contributed by atoms with E-state index in [0.717, 1.165) is 10.6 Å². The van der Waals surface area contributed by atoms with Gasteiger partial charge in [0, 0.05) is 11.4 Å². The molecule has 1 rings (SSSR count). The maximum Gasteiger partial charge on any atom is 0.215 e. The van der Waals surface area contributed by atoms with Crippen LogP contribution >= 0.6 is 11.3 Å². The maximum atomic E-state index is 10.8. The molecule has 0 radical (unpaired) electrons. The largest absolute Gasteiger partial charge is 0.315 e. The Morgan fingerprint density at radius 3 is 2.71 bits per heavy atom. The Kier molecular flexibility index (Phi) is 3.59. The average molecular weight is 235 g/mol. The van der Waals surface area contributed by atoms with Crippen LogP contribution in [0.15, 0.2) is 0 Å². The maximum absolute atomic E-state index is 10.8. The lowest BCUT2D eigenvalue weighted by Gasteiger charge is -1.93. The van der Waals surface area contributed by atoms with Crippen LogP contribution in [0.5, 0.6) is 0 Å². The standard InChI is InChI=1S/C7H13N3O2S2/c1-5-6(3-9-2)13-7(10-5)4-14(8,11)12/h9H,3-4H2,1-2H3,(H2,8,11,12). The van der Waals surface area contributed by atoms with E-state index in [1.165, 1.54) is 11.3 Å². The Labute approximate surface area is 87.4 Å². The van der Waals surface area contributed by atoms with Crippen LogP contribution in [0.2, 0.25) is 0 Å². The summed E-state index contributed by atoms with van der Waals surface area (Å²) in [6.07, 6.45) is 0. The van der Waals surface area contributed by atoms with Crippen molar-refractivity contribution in [1.29, 1.82) is 0 Å². The summed E-state index contributed by atoms with van der Waals surface area (Å²) in [7, 11) is -1.64. The number of aryl methyl sites for hydroxylation is 1. The van der Waals surface area contributed by atoms with Crippen molar-refractivity contribution >= 4 is 21.4 Å². The van der Waals surface area contributed by atoms with E-state index < -0.39 is 10.0 Å². The molecule has 0 saturated carbocycles. The molecule has 0 aliphatic heterocycles. The summed E-state index contributed by atoms with van der Waals surface area (Å²) >= 11 is 1.38. The monoisotopic (exact) mass is 235 g/mol. The molecule has 1 heterocycles. The first kappa shape index (κ1) is 11.6. The molecule has 3 N–H and O–H groups in total. The number of nitrogens with two attached hydrogens (primary N) is 1. The van der Waals surface area contributed by atoms with Crippen LogP contribution in [0.3, 0.4) is 0 Å².